The number of carbonyl (C=O) groups excluding carboxylic acids is 2. The Kier molecular flexibility index (Phi) is 9.78. The second kappa shape index (κ2) is 13.4. The van der Waals surface area contributed by atoms with Crippen molar-refractivity contribution in [2.24, 2.45) is 5.73 Å². The van der Waals surface area contributed by atoms with Gasteiger partial charge in [0.25, 0.3) is 0 Å². The molecule has 1 fully saturated rings. The Morgan fingerprint density at radius 3 is 2.79 bits per heavy atom. The van der Waals surface area contributed by atoms with E-state index >= 15 is 0 Å². The van der Waals surface area contributed by atoms with E-state index in [0.717, 1.165) is 54.0 Å². The van der Waals surface area contributed by atoms with Gasteiger partial charge in [0.1, 0.15) is 11.6 Å². The first-order valence-corrected chi connectivity index (χ1v) is 13.6. The van der Waals surface area contributed by atoms with E-state index in [1.54, 1.807) is 26.4 Å². The molecule has 1 aliphatic heterocycles. The van der Waals surface area contributed by atoms with E-state index in [2.05, 4.69) is 21.3 Å². The number of hydrogen-bond acceptors (Lipinski definition) is 6. The second-order valence-electron chi connectivity index (χ2n) is 10.1. The number of nitrogens with two attached hydrogens (primary N) is 1. The standard InChI is InChI=1S/C29H40N6O4/c1-20-16-23(39-3)11-12-24(20)33-29(37)31-18-22(30)17-27(36)34-13-6-8-21(19-34)28-32-25-9-4-5-10-26(25)35(28)14-7-15-38-2/h4-5,9-12,16,21-22H,6-8,13-15,17-19,30H2,1-3H3,(H2,31,33,37)/t21-,22+/m1/s1. The number of fused-ring (bicyclic) bond motifs is 1. The van der Waals surface area contributed by atoms with Crippen molar-refractivity contribution in [3.8, 4) is 5.75 Å². The van der Waals surface area contributed by atoms with E-state index in [0.29, 0.717) is 25.4 Å². The third kappa shape index (κ3) is 7.27. The molecule has 10 heteroatoms. The molecule has 4 N–H and O–H groups in total. The molecule has 0 bridgehead atoms. The molecule has 39 heavy (non-hydrogen) atoms. The third-order valence-corrected chi connectivity index (χ3v) is 7.20. The predicted molar refractivity (Wildman–Crippen MR) is 152 cm³/mol. The van der Waals surface area contributed by atoms with Crippen LogP contribution in [0.5, 0.6) is 5.75 Å². The minimum atomic E-state index is -0.487. The summed E-state index contributed by atoms with van der Waals surface area (Å²) in [5.74, 6) is 1.91. The van der Waals surface area contributed by atoms with Crippen molar-refractivity contribution >= 4 is 28.7 Å². The van der Waals surface area contributed by atoms with Crippen LogP contribution >= 0.6 is 0 Å². The maximum atomic E-state index is 13.2. The highest BCUT2D eigenvalue weighted by atomic mass is 16.5. The predicted octanol–water partition coefficient (Wildman–Crippen LogP) is 3.63. The summed E-state index contributed by atoms with van der Waals surface area (Å²) in [6, 6.07) is 12.7. The van der Waals surface area contributed by atoms with Crippen molar-refractivity contribution < 1.29 is 19.1 Å². The van der Waals surface area contributed by atoms with Gasteiger partial charge in [-0.05, 0) is 62.1 Å². The largest absolute Gasteiger partial charge is 0.497 e. The molecule has 0 aliphatic carbocycles. The van der Waals surface area contributed by atoms with Gasteiger partial charge in [0.2, 0.25) is 5.91 Å². The van der Waals surface area contributed by atoms with Gasteiger partial charge in [-0.25, -0.2) is 9.78 Å². The van der Waals surface area contributed by atoms with Gasteiger partial charge in [-0.3, -0.25) is 4.79 Å². The molecule has 210 valence electrons. The Morgan fingerprint density at radius 1 is 1.21 bits per heavy atom. The summed E-state index contributed by atoms with van der Waals surface area (Å²) in [6.45, 7) is 4.91. The van der Waals surface area contributed by atoms with Gasteiger partial charge in [-0.15, -0.1) is 0 Å². The number of nitrogens with one attached hydrogen (secondary N) is 2. The average Bonchev–Trinajstić information content (AvgIpc) is 3.32. The number of imidazole rings is 1. The van der Waals surface area contributed by atoms with E-state index in [-0.39, 0.29) is 30.8 Å². The number of para-hydroxylation sites is 2. The minimum absolute atomic E-state index is 0.00227. The lowest BCUT2D eigenvalue weighted by molar-refractivity contribution is -0.132. The van der Waals surface area contributed by atoms with Gasteiger partial charge in [0, 0.05) is 64.0 Å². The molecule has 2 atom stereocenters. The fourth-order valence-corrected chi connectivity index (χ4v) is 5.14. The number of piperidine rings is 1. The van der Waals surface area contributed by atoms with Crippen LogP contribution in [0, 0.1) is 6.92 Å². The van der Waals surface area contributed by atoms with E-state index in [4.69, 9.17) is 20.2 Å². The number of hydrogen-bond donors (Lipinski definition) is 3. The Balaban J connectivity index is 1.31. The Morgan fingerprint density at radius 2 is 2.03 bits per heavy atom. The van der Waals surface area contributed by atoms with Crippen LogP contribution in [0.4, 0.5) is 10.5 Å². The summed E-state index contributed by atoms with van der Waals surface area (Å²) in [6.07, 6.45) is 2.95. The smallest absolute Gasteiger partial charge is 0.319 e. The number of rotatable bonds is 11. The van der Waals surface area contributed by atoms with Gasteiger partial charge in [0.15, 0.2) is 0 Å². The van der Waals surface area contributed by atoms with Crippen LogP contribution in [-0.4, -0.2) is 72.9 Å². The summed E-state index contributed by atoms with van der Waals surface area (Å²) >= 11 is 0. The lowest BCUT2D eigenvalue weighted by Gasteiger charge is -2.33. The van der Waals surface area contributed by atoms with Gasteiger partial charge < -0.3 is 35.3 Å². The molecule has 1 saturated heterocycles. The first kappa shape index (κ1) is 28.4. The fraction of sp³-hybridized carbons (Fsp3) is 0.483. The number of likely N-dealkylation sites (tertiary alicyclic amines) is 1. The number of methoxy groups -OCH3 is 2. The molecule has 0 saturated carbocycles. The SMILES string of the molecule is COCCCn1c([C@@H]2CCCN(C(=O)C[C@H](N)CNC(=O)Nc3ccc(OC)cc3C)C2)nc2ccccc21. The van der Waals surface area contributed by atoms with E-state index in [1.807, 2.05) is 36.1 Å². The van der Waals surface area contributed by atoms with Crippen LogP contribution in [0.1, 0.15) is 43.0 Å². The molecular formula is C29H40N6O4. The van der Waals surface area contributed by atoms with E-state index in [1.165, 1.54) is 0 Å². The first-order valence-electron chi connectivity index (χ1n) is 13.6. The molecule has 3 aromatic rings. The average molecular weight is 537 g/mol. The number of benzene rings is 2. The zero-order chi connectivity index (χ0) is 27.8. The van der Waals surface area contributed by atoms with Crippen LogP contribution in [0.15, 0.2) is 42.5 Å². The topological polar surface area (TPSA) is 124 Å². The molecule has 2 aromatic carbocycles. The van der Waals surface area contributed by atoms with Crippen molar-refractivity contribution in [3.63, 3.8) is 0 Å². The monoisotopic (exact) mass is 536 g/mol. The number of anilines is 1. The molecule has 10 nitrogen and oxygen atoms in total. The highest BCUT2D eigenvalue weighted by Crippen LogP contribution is 2.30. The van der Waals surface area contributed by atoms with Crippen LogP contribution in [-0.2, 0) is 16.1 Å². The van der Waals surface area contributed by atoms with Crippen molar-refractivity contribution in [2.75, 3.05) is 45.8 Å². The molecule has 1 aliphatic rings. The number of aromatic nitrogens is 2. The third-order valence-electron chi connectivity index (χ3n) is 7.20. The number of carbonyl (C=O) groups is 2. The van der Waals surface area contributed by atoms with E-state index in [9.17, 15) is 9.59 Å². The van der Waals surface area contributed by atoms with Crippen LogP contribution in [0.25, 0.3) is 11.0 Å². The quantitative estimate of drug-likeness (QED) is 0.322. The fourth-order valence-electron chi connectivity index (χ4n) is 5.14. The Labute approximate surface area is 229 Å². The summed E-state index contributed by atoms with van der Waals surface area (Å²) in [5.41, 5.74) is 9.91. The summed E-state index contributed by atoms with van der Waals surface area (Å²) in [5, 5.41) is 5.59. The molecule has 0 unspecified atom stereocenters. The summed E-state index contributed by atoms with van der Waals surface area (Å²) in [7, 11) is 3.31. The highest BCUT2D eigenvalue weighted by molar-refractivity contribution is 5.90. The van der Waals surface area contributed by atoms with Gasteiger partial charge >= 0.3 is 6.03 Å². The molecule has 4 rings (SSSR count). The van der Waals surface area contributed by atoms with Crippen molar-refractivity contribution in [1.82, 2.24) is 19.8 Å². The van der Waals surface area contributed by atoms with E-state index < -0.39 is 6.04 Å². The van der Waals surface area contributed by atoms with Crippen LogP contribution < -0.4 is 21.1 Å². The number of urea groups is 1. The molecule has 3 amide bonds. The molecule has 0 radical (unpaired) electrons. The Bertz CT molecular complexity index is 1280. The Hall–Kier alpha value is -3.63. The minimum Gasteiger partial charge on any atom is -0.497 e. The van der Waals surface area contributed by atoms with Gasteiger partial charge in [-0.2, -0.15) is 0 Å². The maximum absolute atomic E-state index is 13.2. The molecule has 1 aromatic heterocycles. The van der Waals surface area contributed by atoms with Crippen molar-refractivity contribution in [3.05, 3.63) is 53.9 Å². The summed E-state index contributed by atoms with van der Waals surface area (Å²) < 4.78 is 12.8. The van der Waals surface area contributed by atoms with Crippen molar-refractivity contribution in [1.29, 1.82) is 0 Å². The number of amides is 3. The lowest BCUT2D eigenvalue weighted by atomic mass is 9.96. The maximum Gasteiger partial charge on any atom is 0.319 e. The summed E-state index contributed by atoms with van der Waals surface area (Å²) in [4.78, 5) is 32.4. The van der Waals surface area contributed by atoms with Gasteiger partial charge in [0.05, 0.1) is 18.1 Å². The van der Waals surface area contributed by atoms with Crippen LogP contribution in [0.2, 0.25) is 0 Å². The number of ether oxygens (including phenoxy) is 2. The van der Waals surface area contributed by atoms with Crippen LogP contribution in [0.3, 0.4) is 0 Å². The number of nitrogens with zero attached hydrogens (tertiary/aromatic N) is 3. The number of aryl methyl sites for hydroxylation is 2. The molecule has 2 heterocycles. The molecule has 0 spiro atoms. The first-order chi connectivity index (χ1) is 18.9. The normalized spacial score (nSPS) is 16.2. The van der Waals surface area contributed by atoms with Crippen molar-refractivity contribution in [2.45, 2.75) is 51.1 Å². The molecular weight excluding hydrogens is 496 g/mol. The zero-order valence-electron chi connectivity index (χ0n) is 23.1. The highest BCUT2D eigenvalue weighted by Gasteiger charge is 2.29. The van der Waals surface area contributed by atoms with Gasteiger partial charge in [-0.1, -0.05) is 12.1 Å². The zero-order valence-corrected chi connectivity index (χ0v) is 23.1. The second-order valence-corrected chi connectivity index (χ2v) is 10.1. The lowest BCUT2D eigenvalue weighted by Crippen LogP contribution is -2.45.